The first-order valence-electron chi connectivity index (χ1n) is 9.95. The van der Waals surface area contributed by atoms with Crippen LogP contribution in [0.3, 0.4) is 0 Å². The Balaban J connectivity index is 2.30. The number of esters is 1. The van der Waals surface area contributed by atoms with Crippen molar-refractivity contribution in [2.45, 2.75) is 78.1 Å². The largest absolute Gasteiger partial charge is 0.465 e. The number of rotatable bonds is 7. The van der Waals surface area contributed by atoms with Crippen LogP contribution in [-0.4, -0.2) is 41.8 Å². The van der Waals surface area contributed by atoms with E-state index in [0.29, 0.717) is 18.4 Å². The fourth-order valence-corrected chi connectivity index (χ4v) is 4.36. The molecule has 0 saturated carbocycles. The van der Waals surface area contributed by atoms with Gasteiger partial charge in [0.1, 0.15) is 6.29 Å². The van der Waals surface area contributed by atoms with Crippen molar-refractivity contribution in [2.75, 3.05) is 6.61 Å². The van der Waals surface area contributed by atoms with Crippen LogP contribution in [0, 0.1) is 17.8 Å². The number of fused-ring (bicyclic) bond motifs is 1. The molecule has 1 aliphatic carbocycles. The summed E-state index contributed by atoms with van der Waals surface area (Å²) in [5.74, 6) is -0.683. The van der Waals surface area contributed by atoms with Gasteiger partial charge in [-0.1, -0.05) is 24.6 Å². The molecule has 0 aromatic rings. The van der Waals surface area contributed by atoms with Gasteiger partial charge in [-0.25, -0.2) is 0 Å². The van der Waals surface area contributed by atoms with Gasteiger partial charge in [-0.3, -0.25) is 9.59 Å². The summed E-state index contributed by atoms with van der Waals surface area (Å²) < 4.78 is 11.1. The van der Waals surface area contributed by atoms with Crippen LogP contribution in [0.15, 0.2) is 23.3 Å². The Morgan fingerprint density at radius 1 is 1.44 bits per heavy atom. The van der Waals surface area contributed by atoms with Crippen molar-refractivity contribution in [1.29, 1.82) is 0 Å². The molecule has 27 heavy (non-hydrogen) atoms. The van der Waals surface area contributed by atoms with E-state index in [-0.39, 0.29) is 42.0 Å². The van der Waals surface area contributed by atoms with Crippen LogP contribution in [-0.2, 0) is 19.1 Å². The minimum atomic E-state index is -0.622. The predicted octanol–water partition coefficient (Wildman–Crippen LogP) is 3.60. The highest BCUT2D eigenvalue weighted by Crippen LogP contribution is 2.47. The molecule has 0 amide bonds. The summed E-state index contributed by atoms with van der Waals surface area (Å²) in [6.45, 7) is 9.77. The molecule has 5 heteroatoms. The lowest BCUT2D eigenvalue weighted by Crippen LogP contribution is -2.39. The maximum Gasteiger partial charge on any atom is 0.302 e. The average molecular weight is 379 g/mol. The number of allylic oxidation sites excluding steroid dienone is 2. The van der Waals surface area contributed by atoms with Crippen molar-refractivity contribution in [3.8, 4) is 0 Å². The maximum atomic E-state index is 11.8. The van der Waals surface area contributed by atoms with E-state index >= 15 is 0 Å². The Morgan fingerprint density at radius 2 is 2.15 bits per heavy atom. The molecule has 0 unspecified atom stereocenters. The highest BCUT2D eigenvalue weighted by atomic mass is 16.6. The van der Waals surface area contributed by atoms with Gasteiger partial charge in [-0.05, 0) is 57.4 Å². The molecular formula is C22H34O5. The number of aliphatic hydroxyl groups is 1. The summed E-state index contributed by atoms with van der Waals surface area (Å²) in [4.78, 5) is 23.2. The molecule has 1 saturated heterocycles. The van der Waals surface area contributed by atoms with E-state index in [9.17, 15) is 14.7 Å². The first kappa shape index (κ1) is 21.8. The van der Waals surface area contributed by atoms with Crippen LogP contribution in [0.5, 0.6) is 0 Å². The third-order valence-corrected chi connectivity index (χ3v) is 5.99. The van der Waals surface area contributed by atoms with Crippen LogP contribution < -0.4 is 0 Å². The number of epoxide rings is 1. The standard InChI is InChI=1S/C22H34O5/c1-14(2)7-6-8-15(3)21-18(13-26-16(4)24)17(12-23)9-10-20-22(5,27-20)11-19(21)25/h7,9,12,15,18-21,25H,6,8,10-11,13H2,1-5H3/b17-9-/t15-,18-,19-,20-,21+,22-/m1/s1. The third-order valence-electron chi connectivity index (χ3n) is 5.99. The van der Waals surface area contributed by atoms with Gasteiger partial charge in [0.25, 0.3) is 0 Å². The minimum Gasteiger partial charge on any atom is -0.465 e. The maximum absolute atomic E-state index is 11.8. The summed E-state index contributed by atoms with van der Waals surface area (Å²) in [5, 5.41) is 11.1. The monoisotopic (exact) mass is 378 g/mol. The molecule has 0 spiro atoms. The van der Waals surface area contributed by atoms with Crippen molar-refractivity contribution in [3.63, 3.8) is 0 Å². The number of aliphatic hydroxyl groups excluding tert-OH is 1. The molecule has 1 aliphatic heterocycles. The number of hydrogen-bond acceptors (Lipinski definition) is 5. The number of aldehydes is 1. The number of carbonyl (C=O) groups excluding carboxylic acids is 2. The van der Waals surface area contributed by atoms with Gasteiger partial charge < -0.3 is 14.6 Å². The van der Waals surface area contributed by atoms with Crippen LogP contribution >= 0.6 is 0 Å². The SMILES string of the molecule is CC(=O)OC[C@@H]1/C(C=O)=C\C[C@H]2O[C@]2(C)C[C@@H](O)[C@H]1[C@H](C)CCC=C(C)C. The van der Waals surface area contributed by atoms with Crippen LogP contribution in [0.1, 0.15) is 60.3 Å². The average Bonchev–Trinajstić information content (AvgIpc) is 3.20. The van der Waals surface area contributed by atoms with Crippen molar-refractivity contribution < 1.29 is 24.2 Å². The number of ether oxygens (including phenoxy) is 2. The van der Waals surface area contributed by atoms with Gasteiger partial charge in [0.15, 0.2) is 0 Å². The van der Waals surface area contributed by atoms with Crippen LogP contribution in [0.2, 0.25) is 0 Å². The van der Waals surface area contributed by atoms with Crippen molar-refractivity contribution >= 4 is 12.3 Å². The van der Waals surface area contributed by atoms with Crippen molar-refractivity contribution in [3.05, 3.63) is 23.3 Å². The van der Waals surface area contributed by atoms with Gasteiger partial charge in [0.05, 0.1) is 24.4 Å². The predicted molar refractivity (Wildman–Crippen MR) is 104 cm³/mol. The lowest BCUT2D eigenvalue weighted by atomic mass is 9.72. The van der Waals surface area contributed by atoms with Crippen molar-refractivity contribution in [2.24, 2.45) is 17.8 Å². The Labute approximate surface area is 162 Å². The van der Waals surface area contributed by atoms with E-state index < -0.39 is 6.10 Å². The Bertz CT molecular complexity index is 604. The molecule has 6 atom stereocenters. The topological polar surface area (TPSA) is 76.1 Å². The summed E-state index contributed by atoms with van der Waals surface area (Å²) in [6.07, 6.45) is 7.36. The van der Waals surface area contributed by atoms with Gasteiger partial charge >= 0.3 is 5.97 Å². The summed E-state index contributed by atoms with van der Waals surface area (Å²) >= 11 is 0. The molecule has 1 fully saturated rings. The molecule has 0 aromatic heterocycles. The summed E-state index contributed by atoms with van der Waals surface area (Å²) in [6, 6.07) is 0. The molecular weight excluding hydrogens is 344 g/mol. The van der Waals surface area contributed by atoms with E-state index in [0.717, 1.165) is 19.1 Å². The van der Waals surface area contributed by atoms with Crippen LogP contribution in [0.25, 0.3) is 0 Å². The molecule has 0 aromatic carbocycles. The van der Waals surface area contributed by atoms with E-state index in [1.54, 1.807) is 0 Å². The molecule has 0 radical (unpaired) electrons. The molecule has 5 nitrogen and oxygen atoms in total. The first-order valence-corrected chi connectivity index (χ1v) is 9.95. The lowest BCUT2D eigenvalue weighted by Gasteiger charge is -2.36. The summed E-state index contributed by atoms with van der Waals surface area (Å²) in [7, 11) is 0. The zero-order valence-corrected chi connectivity index (χ0v) is 17.2. The second-order valence-corrected chi connectivity index (χ2v) is 8.57. The second kappa shape index (κ2) is 9.16. The van der Waals surface area contributed by atoms with Crippen LogP contribution in [0.4, 0.5) is 0 Å². The normalized spacial score (nSPS) is 36.0. The van der Waals surface area contributed by atoms with E-state index in [1.165, 1.54) is 12.5 Å². The van der Waals surface area contributed by atoms with Gasteiger partial charge in [0, 0.05) is 19.3 Å². The first-order chi connectivity index (χ1) is 12.7. The van der Waals surface area contributed by atoms with E-state index in [1.807, 2.05) is 13.0 Å². The molecule has 2 rings (SSSR count). The zero-order valence-electron chi connectivity index (χ0n) is 17.2. The van der Waals surface area contributed by atoms with Gasteiger partial charge in [-0.2, -0.15) is 0 Å². The molecule has 1 heterocycles. The van der Waals surface area contributed by atoms with E-state index in [2.05, 4.69) is 26.8 Å². The molecule has 2 aliphatic rings. The smallest absolute Gasteiger partial charge is 0.302 e. The third kappa shape index (κ3) is 5.76. The number of hydrogen-bond donors (Lipinski definition) is 1. The molecule has 0 bridgehead atoms. The lowest BCUT2D eigenvalue weighted by molar-refractivity contribution is -0.143. The highest BCUT2D eigenvalue weighted by molar-refractivity contribution is 5.74. The summed E-state index contributed by atoms with van der Waals surface area (Å²) in [5.41, 5.74) is 1.54. The Kier molecular flexibility index (Phi) is 7.40. The quantitative estimate of drug-likeness (QED) is 0.317. The fraction of sp³-hybridized carbons (Fsp3) is 0.727. The van der Waals surface area contributed by atoms with Crippen molar-refractivity contribution in [1.82, 2.24) is 0 Å². The number of carbonyl (C=O) groups is 2. The Hall–Kier alpha value is -1.46. The second-order valence-electron chi connectivity index (χ2n) is 8.57. The zero-order chi connectivity index (χ0) is 20.2. The minimum absolute atomic E-state index is 0.0382. The van der Waals surface area contributed by atoms with E-state index in [4.69, 9.17) is 9.47 Å². The molecule has 152 valence electrons. The highest BCUT2D eigenvalue weighted by Gasteiger charge is 2.54. The molecule has 1 N–H and O–H groups in total. The Morgan fingerprint density at radius 3 is 2.74 bits per heavy atom. The van der Waals surface area contributed by atoms with Gasteiger partial charge in [-0.15, -0.1) is 0 Å². The fourth-order valence-electron chi connectivity index (χ4n) is 4.36. The van der Waals surface area contributed by atoms with Gasteiger partial charge in [0.2, 0.25) is 0 Å².